The molecule has 0 radical (unpaired) electrons. The summed E-state index contributed by atoms with van der Waals surface area (Å²) in [6.07, 6.45) is 1.41. The highest BCUT2D eigenvalue weighted by Gasteiger charge is 2.23. The third-order valence-corrected chi connectivity index (χ3v) is 2.66. The summed E-state index contributed by atoms with van der Waals surface area (Å²) in [7, 11) is 0. The zero-order chi connectivity index (χ0) is 13.7. The van der Waals surface area contributed by atoms with Crippen molar-refractivity contribution >= 4 is 23.2 Å². The van der Waals surface area contributed by atoms with Crippen LogP contribution in [-0.4, -0.2) is 28.7 Å². The predicted octanol–water partition coefficient (Wildman–Crippen LogP) is 1.88. The Labute approximate surface area is 109 Å². The van der Waals surface area contributed by atoms with E-state index in [1.54, 1.807) is 13.8 Å². The number of rotatable bonds is 4. The first kappa shape index (κ1) is 14.3. The molecule has 0 unspecified atom stereocenters. The summed E-state index contributed by atoms with van der Waals surface area (Å²) in [5, 5.41) is 1.30. The fourth-order valence-electron chi connectivity index (χ4n) is 0.947. The molecule has 6 nitrogen and oxygen atoms in total. The lowest BCUT2D eigenvalue weighted by molar-refractivity contribution is -0.303. The van der Waals surface area contributed by atoms with Crippen molar-refractivity contribution in [1.82, 2.24) is 10.2 Å². The molecule has 0 aromatic carbocycles. The van der Waals surface area contributed by atoms with E-state index in [0.29, 0.717) is 10.1 Å². The highest BCUT2D eigenvalue weighted by molar-refractivity contribution is 7.13. The number of thiazole rings is 1. The van der Waals surface area contributed by atoms with Crippen LogP contribution in [0.1, 0.15) is 28.5 Å². The number of nitrogens with zero attached hydrogens (tertiary/aromatic N) is 2. The molecular formula is C11H14N2O4S. The molecule has 0 saturated heterocycles. The fourth-order valence-corrected chi connectivity index (χ4v) is 1.64. The number of aryl methyl sites for hydroxylation is 1. The van der Waals surface area contributed by atoms with E-state index in [4.69, 9.17) is 9.68 Å². The SMILES string of the molecule is C=C(C)C(=O)ON(OCC)C(=O)c1cnc(C)s1. The van der Waals surface area contributed by atoms with E-state index in [-0.39, 0.29) is 12.2 Å². The molecule has 1 heterocycles. The zero-order valence-electron chi connectivity index (χ0n) is 10.4. The lowest BCUT2D eigenvalue weighted by Gasteiger charge is -2.18. The van der Waals surface area contributed by atoms with Gasteiger partial charge in [-0.15, -0.1) is 11.3 Å². The van der Waals surface area contributed by atoms with Crippen molar-refractivity contribution < 1.29 is 19.3 Å². The Morgan fingerprint density at radius 3 is 2.67 bits per heavy atom. The Morgan fingerprint density at radius 2 is 2.22 bits per heavy atom. The first-order valence-electron chi connectivity index (χ1n) is 5.23. The second-order valence-corrected chi connectivity index (χ2v) is 4.62. The van der Waals surface area contributed by atoms with Gasteiger partial charge in [-0.3, -0.25) is 4.79 Å². The molecule has 7 heteroatoms. The Hall–Kier alpha value is -1.73. The molecule has 0 spiro atoms. The van der Waals surface area contributed by atoms with E-state index in [2.05, 4.69) is 11.6 Å². The lowest BCUT2D eigenvalue weighted by atomic mass is 10.4. The first-order valence-corrected chi connectivity index (χ1v) is 6.05. The summed E-state index contributed by atoms with van der Waals surface area (Å²) < 4.78 is 0. The van der Waals surface area contributed by atoms with Gasteiger partial charge in [0.2, 0.25) is 0 Å². The minimum Gasteiger partial charge on any atom is -0.307 e. The van der Waals surface area contributed by atoms with Gasteiger partial charge in [-0.05, 0) is 26.0 Å². The average Bonchev–Trinajstić information content (AvgIpc) is 2.74. The molecule has 0 fully saturated rings. The van der Waals surface area contributed by atoms with Crippen LogP contribution in [0.25, 0.3) is 0 Å². The molecule has 98 valence electrons. The first-order chi connectivity index (χ1) is 8.45. The number of carbonyl (C=O) groups excluding carboxylic acids is 2. The molecule has 1 aromatic heterocycles. The van der Waals surface area contributed by atoms with E-state index in [1.165, 1.54) is 24.5 Å². The third kappa shape index (κ3) is 3.64. The monoisotopic (exact) mass is 270 g/mol. The van der Waals surface area contributed by atoms with Crippen molar-refractivity contribution in [2.45, 2.75) is 20.8 Å². The summed E-state index contributed by atoms with van der Waals surface area (Å²) in [5.74, 6) is -1.30. The highest BCUT2D eigenvalue weighted by Crippen LogP contribution is 2.15. The molecule has 18 heavy (non-hydrogen) atoms. The number of aromatic nitrogens is 1. The molecule has 1 amide bonds. The van der Waals surface area contributed by atoms with Gasteiger partial charge in [0, 0.05) is 5.57 Å². The van der Waals surface area contributed by atoms with Gasteiger partial charge in [0.1, 0.15) is 4.88 Å². The zero-order valence-corrected chi connectivity index (χ0v) is 11.2. The minimum absolute atomic E-state index is 0.174. The summed E-state index contributed by atoms with van der Waals surface area (Å²) in [6.45, 7) is 8.54. The maximum Gasteiger partial charge on any atom is 0.361 e. The Balaban J connectivity index is 2.81. The second-order valence-electron chi connectivity index (χ2n) is 3.38. The van der Waals surface area contributed by atoms with Gasteiger partial charge in [-0.2, -0.15) is 0 Å². The van der Waals surface area contributed by atoms with Gasteiger partial charge >= 0.3 is 11.9 Å². The van der Waals surface area contributed by atoms with Crippen LogP contribution in [0.3, 0.4) is 0 Å². The van der Waals surface area contributed by atoms with E-state index in [1.807, 2.05) is 0 Å². The normalized spacial score (nSPS) is 9.94. The van der Waals surface area contributed by atoms with Crippen LogP contribution < -0.4 is 0 Å². The summed E-state index contributed by atoms with van der Waals surface area (Å²) in [4.78, 5) is 37.4. The third-order valence-electron chi connectivity index (χ3n) is 1.76. The van der Waals surface area contributed by atoms with Crippen LogP contribution >= 0.6 is 11.3 Å². The van der Waals surface area contributed by atoms with Gasteiger partial charge in [0.05, 0.1) is 17.8 Å². The van der Waals surface area contributed by atoms with Crippen molar-refractivity contribution in [3.8, 4) is 0 Å². The molecular weight excluding hydrogens is 256 g/mol. The molecule has 0 aliphatic rings. The van der Waals surface area contributed by atoms with Crippen LogP contribution in [0.4, 0.5) is 0 Å². The van der Waals surface area contributed by atoms with E-state index in [9.17, 15) is 9.59 Å². The molecule has 0 saturated carbocycles. The van der Waals surface area contributed by atoms with E-state index >= 15 is 0 Å². The molecule has 0 bridgehead atoms. The topological polar surface area (TPSA) is 68.7 Å². The minimum atomic E-state index is -0.724. The molecule has 0 aliphatic heterocycles. The van der Waals surface area contributed by atoms with Gasteiger partial charge in [0.15, 0.2) is 0 Å². The van der Waals surface area contributed by atoms with Crippen molar-refractivity contribution in [2.75, 3.05) is 6.61 Å². The Kier molecular flexibility index (Phi) is 4.99. The Morgan fingerprint density at radius 1 is 1.56 bits per heavy atom. The van der Waals surface area contributed by atoms with Crippen LogP contribution in [0.5, 0.6) is 0 Å². The second kappa shape index (κ2) is 6.27. The van der Waals surface area contributed by atoms with Crippen molar-refractivity contribution in [2.24, 2.45) is 0 Å². The molecule has 0 atom stereocenters. The van der Waals surface area contributed by atoms with Gasteiger partial charge < -0.3 is 4.84 Å². The maximum atomic E-state index is 12.0. The van der Waals surface area contributed by atoms with Crippen LogP contribution in [0.15, 0.2) is 18.3 Å². The number of hydrogen-bond donors (Lipinski definition) is 0. The standard InChI is InChI=1S/C11H14N2O4S/c1-5-16-13(17-11(15)7(2)3)10(14)9-6-12-8(4)18-9/h6H,2,5H2,1,3-4H3. The summed E-state index contributed by atoms with van der Waals surface area (Å²) in [6, 6.07) is 0. The number of hydroxylamine groups is 2. The molecule has 1 aromatic rings. The average molecular weight is 270 g/mol. The van der Waals surface area contributed by atoms with Gasteiger partial charge in [0.25, 0.3) is 0 Å². The van der Waals surface area contributed by atoms with Gasteiger partial charge in [-0.25, -0.2) is 14.6 Å². The maximum absolute atomic E-state index is 12.0. The number of amides is 1. The lowest BCUT2D eigenvalue weighted by Crippen LogP contribution is -2.33. The molecule has 0 N–H and O–H groups in total. The van der Waals surface area contributed by atoms with Crippen molar-refractivity contribution in [1.29, 1.82) is 0 Å². The van der Waals surface area contributed by atoms with Crippen molar-refractivity contribution in [3.63, 3.8) is 0 Å². The number of carbonyl (C=O) groups is 2. The molecule has 1 rings (SSSR count). The van der Waals surface area contributed by atoms with Crippen molar-refractivity contribution in [3.05, 3.63) is 28.2 Å². The quantitative estimate of drug-likeness (QED) is 0.617. The van der Waals surface area contributed by atoms with E-state index < -0.39 is 11.9 Å². The summed E-state index contributed by atoms with van der Waals surface area (Å²) >= 11 is 1.19. The van der Waals surface area contributed by atoms with Gasteiger partial charge in [-0.1, -0.05) is 6.58 Å². The fraction of sp³-hybridized carbons (Fsp3) is 0.364. The highest BCUT2D eigenvalue weighted by atomic mass is 32.1. The smallest absolute Gasteiger partial charge is 0.307 e. The predicted molar refractivity (Wildman–Crippen MR) is 65.6 cm³/mol. The molecule has 0 aliphatic carbocycles. The largest absolute Gasteiger partial charge is 0.361 e. The van der Waals surface area contributed by atoms with E-state index in [0.717, 1.165) is 5.01 Å². The summed E-state index contributed by atoms with van der Waals surface area (Å²) in [5.41, 5.74) is 0.174. The van der Waals surface area contributed by atoms with Crippen LogP contribution in [0.2, 0.25) is 0 Å². The number of hydrogen-bond acceptors (Lipinski definition) is 6. The van der Waals surface area contributed by atoms with Crippen LogP contribution in [-0.2, 0) is 14.5 Å². The van der Waals surface area contributed by atoms with Crippen LogP contribution in [0, 0.1) is 6.92 Å². The Bertz CT molecular complexity index is 469.